The minimum atomic E-state index is -0.470. The van der Waals surface area contributed by atoms with Crippen molar-refractivity contribution in [2.75, 3.05) is 13.1 Å². The van der Waals surface area contributed by atoms with Gasteiger partial charge in [-0.3, -0.25) is 9.78 Å². The van der Waals surface area contributed by atoms with Gasteiger partial charge in [-0.25, -0.2) is 4.39 Å². The molecule has 3 nitrogen and oxygen atoms in total. The van der Waals surface area contributed by atoms with Crippen LogP contribution in [0.5, 0.6) is 0 Å². The Labute approximate surface area is 136 Å². The summed E-state index contributed by atoms with van der Waals surface area (Å²) >= 11 is 0. The van der Waals surface area contributed by atoms with E-state index in [0.717, 1.165) is 31.5 Å². The van der Waals surface area contributed by atoms with Crippen LogP contribution in [0.25, 0.3) is 0 Å². The van der Waals surface area contributed by atoms with E-state index in [0.29, 0.717) is 11.6 Å². The van der Waals surface area contributed by atoms with Gasteiger partial charge in [-0.1, -0.05) is 25.1 Å². The van der Waals surface area contributed by atoms with E-state index in [-0.39, 0.29) is 11.7 Å². The summed E-state index contributed by atoms with van der Waals surface area (Å²) in [5.41, 5.74) is 1.50. The zero-order chi connectivity index (χ0) is 16.2. The molecule has 23 heavy (non-hydrogen) atoms. The average molecular weight is 312 g/mol. The number of rotatable bonds is 3. The molecule has 3 rings (SSSR count). The molecule has 2 atom stereocenters. The lowest BCUT2D eigenvalue weighted by Crippen LogP contribution is -2.42. The fourth-order valence-corrected chi connectivity index (χ4v) is 3.21. The van der Waals surface area contributed by atoms with Crippen LogP contribution in [-0.2, 0) is 4.79 Å². The van der Waals surface area contributed by atoms with E-state index in [9.17, 15) is 9.18 Å². The summed E-state index contributed by atoms with van der Waals surface area (Å²) in [5, 5.41) is 0. The Morgan fingerprint density at radius 1 is 1.26 bits per heavy atom. The average Bonchev–Trinajstić information content (AvgIpc) is 2.58. The van der Waals surface area contributed by atoms with Crippen LogP contribution < -0.4 is 0 Å². The molecule has 1 aliphatic rings. The van der Waals surface area contributed by atoms with Crippen LogP contribution in [0.3, 0.4) is 0 Å². The molecular formula is C19H21FN2O. The van der Waals surface area contributed by atoms with Gasteiger partial charge in [0, 0.05) is 19.3 Å². The molecule has 1 amide bonds. The van der Waals surface area contributed by atoms with E-state index in [4.69, 9.17) is 0 Å². The van der Waals surface area contributed by atoms with Gasteiger partial charge in [-0.2, -0.15) is 0 Å². The highest BCUT2D eigenvalue weighted by Gasteiger charge is 2.30. The lowest BCUT2D eigenvalue weighted by atomic mass is 9.91. The van der Waals surface area contributed by atoms with Crippen molar-refractivity contribution in [3.8, 4) is 0 Å². The molecular weight excluding hydrogens is 291 g/mol. The largest absolute Gasteiger partial charge is 0.342 e. The first-order valence-corrected chi connectivity index (χ1v) is 8.10. The molecule has 2 aromatic rings. The third-order valence-electron chi connectivity index (χ3n) is 4.40. The van der Waals surface area contributed by atoms with Gasteiger partial charge in [-0.15, -0.1) is 0 Å². The maximum Gasteiger partial charge on any atom is 0.236 e. The van der Waals surface area contributed by atoms with Gasteiger partial charge >= 0.3 is 0 Å². The highest BCUT2D eigenvalue weighted by atomic mass is 19.1. The molecule has 0 aliphatic carbocycles. The maximum atomic E-state index is 13.2. The van der Waals surface area contributed by atoms with E-state index in [2.05, 4.69) is 11.9 Å². The number of halogens is 1. The number of hydrogen-bond donors (Lipinski definition) is 0. The third kappa shape index (κ3) is 3.58. The monoisotopic (exact) mass is 312 g/mol. The zero-order valence-electron chi connectivity index (χ0n) is 13.3. The minimum Gasteiger partial charge on any atom is -0.342 e. The standard InChI is InChI=1S/C19H21FN2O/c1-14-5-4-12-22(13-14)19(23)18(17-6-2-3-11-21-17)15-7-9-16(20)10-8-15/h2-3,6-11,14,18H,4-5,12-13H2,1H3. The second-order valence-electron chi connectivity index (χ2n) is 6.27. The fourth-order valence-electron chi connectivity index (χ4n) is 3.21. The van der Waals surface area contributed by atoms with Crippen LogP contribution in [0, 0.1) is 11.7 Å². The van der Waals surface area contributed by atoms with Crippen molar-refractivity contribution in [3.05, 3.63) is 65.7 Å². The Bertz CT molecular complexity index is 657. The molecule has 120 valence electrons. The number of nitrogens with zero attached hydrogens (tertiary/aromatic N) is 2. The Hall–Kier alpha value is -2.23. The number of carbonyl (C=O) groups excluding carboxylic acids is 1. The maximum absolute atomic E-state index is 13.2. The topological polar surface area (TPSA) is 33.2 Å². The quantitative estimate of drug-likeness (QED) is 0.867. The minimum absolute atomic E-state index is 0.0573. The summed E-state index contributed by atoms with van der Waals surface area (Å²) in [5.74, 6) is -0.193. The van der Waals surface area contributed by atoms with Crippen molar-refractivity contribution in [2.45, 2.75) is 25.7 Å². The lowest BCUT2D eigenvalue weighted by Gasteiger charge is -2.33. The van der Waals surface area contributed by atoms with Crippen LogP contribution in [-0.4, -0.2) is 28.9 Å². The van der Waals surface area contributed by atoms with Crippen LogP contribution in [0.4, 0.5) is 4.39 Å². The van der Waals surface area contributed by atoms with Gasteiger partial charge in [0.1, 0.15) is 11.7 Å². The molecule has 0 saturated carbocycles. The molecule has 1 fully saturated rings. The third-order valence-corrected chi connectivity index (χ3v) is 4.40. The summed E-state index contributed by atoms with van der Waals surface area (Å²) in [6.07, 6.45) is 3.89. The van der Waals surface area contributed by atoms with Crippen molar-refractivity contribution in [3.63, 3.8) is 0 Å². The number of benzene rings is 1. The highest BCUT2D eigenvalue weighted by Crippen LogP contribution is 2.28. The second kappa shape index (κ2) is 6.90. The predicted molar refractivity (Wildman–Crippen MR) is 87.5 cm³/mol. The molecule has 2 unspecified atom stereocenters. The Morgan fingerprint density at radius 3 is 2.70 bits per heavy atom. The van der Waals surface area contributed by atoms with Crippen molar-refractivity contribution < 1.29 is 9.18 Å². The number of likely N-dealkylation sites (tertiary alicyclic amines) is 1. The Kier molecular flexibility index (Phi) is 4.70. The Balaban J connectivity index is 1.94. The molecule has 4 heteroatoms. The number of amides is 1. The molecule has 2 heterocycles. The van der Waals surface area contributed by atoms with E-state index < -0.39 is 5.92 Å². The van der Waals surface area contributed by atoms with Gasteiger partial charge in [0.2, 0.25) is 5.91 Å². The van der Waals surface area contributed by atoms with E-state index in [1.807, 2.05) is 23.1 Å². The normalized spacial score (nSPS) is 19.4. The van der Waals surface area contributed by atoms with E-state index in [1.165, 1.54) is 12.1 Å². The molecule has 1 aliphatic heterocycles. The van der Waals surface area contributed by atoms with Crippen LogP contribution in [0.2, 0.25) is 0 Å². The predicted octanol–water partition coefficient (Wildman–Crippen LogP) is 3.61. The van der Waals surface area contributed by atoms with Crippen molar-refractivity contribution in [1.82, 2.24) is 9.88 Å². The van der Waals surface area contributed by atoms with Gasteiger partial charge < -0.3 is 4.90 Å². The molecule has 0 radical (unpaired) electrons. The molecule has 0 bridgehead atoms. The summed E-state index contributed by atoms with van der Waals surface area (Å²) in [6.45, 7) is 3.74. The van der Waals surface area contributed by atoms with Crippen molar-refractivity contribution in [2.24, 2.45) is 5.92 Å². The van der Waals surface area contributed by atoms with Gasteiger partial charge in [0.15, 0.2) is 0 Å². The first-order valence-electron chi connectivity index (χ1n) is 8.10. The van der Waals surface area contributed by atoms with Crippen LogP contribution in [0.15, 0.2) is 48.7 Å². The number of aromatic nitrogens is 1. The SMILES string of the molecule is CC1CCCN(C(=O)C(c2ccc(F)cc2)c2ccccn2)C1. The molecule has 1 saturated heterocycles. The van der Waals surface area contributed by atoms with Crippen molar-refractivity contribution in [1.29, 1.82) is 0 Å². The second-order valence-corrected chi connectivity index (χ2v) is 6.27. The first-order chi connectivity index (χ1) is 11.1. The van der Waals surface area contributed by atoms with Gasteiger partial charge in [0.25, 0.3) is 0 Å². The van der Waals surface area contributed by atoms with Gasteiger partial charge in [-0.05, 0) is 48.6 Å². The smallest absolute Gasteiger partial charge is 0.236 e. The summed E-state index contributed by atoms with van der Waals surface area (Å²) in [4.78, 5) is 19.4. The van der Waals surface area contributed by atoms with Crippen molar-refractivity contribution >= 4 is 5.91 Å². The molecule has 0 N–H and O–H groups in total. The number of piperidine rings is 1. The fraction of sp³-hybridized carbons (Fsp3) is 0.368. The summed E-state index contributed by atoms with van der Waals surface area (Å²) < 4.78 is 13.2. The van der Waals surface area contributed by atoms with E-state index in [1.54, 1.807) is 18.3 Å². The van der Waals surface area contributed by atoms with E-state index >= 15 is 0 Å². The number of pyridine rings is 1. The first kappa shape index (κ1) is 15.7. The molecule has 1 aromatic carbocycles. The molecule has 1 aromatic heterocycles. The lowest BCUT2D eigenvalue weighted by molar-refractivity contribution is -0.133. The zero-order valence-corrected chi connectivity index (χ0v) is 13.3. The van der Waals surface area contributed by atoms with Crippen LogP contribution in [0.1, 0.15) is 36.9 Å². The highest BCUT2D eigenvalue weighted by molar-refractivity contribution is 5.86. The summed E-state index contributed by atoms with van der Waals surface area (Å²) in [7, 11) is 0. The summed E-state index contributed by atoms with van der Waals surface area (Å²) in [6, 6.07) is 11.7. The number of carbonyl (C=O) groups is 1. The Morgan fingerprint density at radius 2 is 2.04 bits per heavy atom. The number of hydrogen-bond acceptors (Lipinski definition) is 2. The van der Waals surface area contributed by atoms with Crippen LogP contribution >= 0.6 is 0 Å². The molecule has 0 spiro atoms. The van der Waals surface area contributed by atoms with Gasteiger partial charge in [0.05, 0.1) is 5.69 Å².